The van der Waals surface area contributed by atoms with Crippen molar-refractivity contribution in [1.82, 2.24) is 24.8 Å². The maximum atomic E-state index is 4.44. The zero-order valence-electron chi connectivity index (χ0n) is 13.2. The third-order valence-electron chi connectivity index (χ3n) is 4.32. The number of rotatable bonds is 4. The van der Waals surface area contributed by atoms with Crippen molar-refractivity contribution in [2.24, 2.45) is 0 Å². The molecular weight excluding hydrogens is 308 g/mol. The van der Waals surface area contributed by atoms with Gasteiger partial charge in [0.1, 0.15) is 10.8 Å². The van der Waals surface area contributed by atoms with E-state index in [9.17, 15) is 0 Å². The standard InChI is InChI=1S/C16H20N6S/c1-2-6-14-18-20-16(23-14)21-9-5-7-12(11-21)15-19-17-13-8-3-4-10-22(13)15/h3-4,8,10,12H,2,5-7,9,11H2,1H3. The van der Waals surface area contributed by atoms with Crippen LogP contribution in [0.15, 0.2) is 24.4 Å². The highest BCUT2D eigenvalue weighted by Gasteiger charge is 2.27. The van der Waals surface area contributed by atoms with Gasteiger partial charge in [0.25, 0.3) is 0 Å². The number of hydrogen-bond acceptors (Lipinski definition) is 6. The molecule has 23 heavy (non-hydrogen) atoms. The highest BCUT2D eigenvalue weighted by atomic mass is 32.1. The Labute approximate surface area is 139 Å². The Morgan fingerprint density at radius 1 is 1.22 bits per heavy atom. The highest BCUT2D eigenvalue weighted by molar-refractivity contribution is 7.15. The van der Waals surface area contributed by atoms with Crippen LogP contribution in [0.4, 0.5) is 5.13 Å². The Bertz CT molecular complexity index is 795. The van der Waals surface area contributed by atoms with E-state index in [1.165, 1.54) is 0 Å². The smallest absolute Gasteiger partial charge is 0.208 e. The van der Waals surface area contributed by atoms with Crippen LogP contribution in [0.1, 0.15) is 42.9 Å². The number of hydrogen-bond donors (Lipinski definition) is 0. The maximum absolute atomic E-state index is 4.44. The average molecular weight is 328 g/mol. The summed E-state index contributed by atoms with van der Waals surface area (Å²) < 4.78 is 2.11. The Balaban J connectivity index is 1.56. The van der Waals surface area contributed by atoms with Crippen molar-refractivity contribution in [1.29, 1.82) is 0 Å². The number of aromatic nitrogens is 5. The van der Waals surface area contributed by atoms with E-state index in [0.717, 1.165) is 60.4 Å². The predicted molar refractivity (Wildman–Crippen MR) is 91.1 cm³/mol. The molecule has 0 amide bonds. The fraction of sp³-hybridized carbons (Fsp3) is 0.500. The molecule has 0 radical (unpaired) electrons. The molecule has 1 atom stereocenters. The normalized spacial score (nSPS) is 18.7. The third kappa shape index (κ3) is 2.81. The lowest BCUT2D eigenvalue weighted by Gasteiger charge is -2.31. The zero-order chi connectivity index (χ0) is 15.6. The Hall–Kier alpha value is -2.02. The minimum absolute atomic E-state index is 0.389. The predicted octanol–water partition coefficient (Wildman–Crippen LogP) is 2.92. The molecule has 1 aliphatic heterocycles. The summed E-state index contributed by atoms with van der Waals surface area (Å²) in [6.07, 6.45) is 6.47. The molecule has 7 heteroatoms. The minimum Gasteiger partial charge on any atom is -0.346 e. The van der Waals surface area contributed by atoms with Crippen molar-refractivity contribution < 1.29 is 0 Å². The molecule has 3 aromatic heterocycles. The van der Waals surface area contributed by atoms with E-state index in [2.05, 4.69) is 36.6 Å². The van der Waals surface area contributed by atoms with Crippen LogP contribution in [-0.2, 0) is 6.42 Å². The molecule has 0 N–H and O–H groups in total. The second-order valence-electron chi connectivity index (χ2n) is 6.00. The van der Waals surface area contributed by atoms with Crippen LogP contribution in [0.3, 0.4) is 0 Å². The second-order valence-corrected chi connectivity index (χ2v) is 7.04. The lowest BCUT2D eigenvalue weighted by molar-refractivity contribution is 0.487. The quantitative estimate of drug-likeness (QED) is 0.737. The molecule has 1 fully saturated rings. The number of aryl methyl sites for hydroxylation is 1. The van der Waals surface area contributed by atoms with Crippen LogP contribution in [0, 0.1) is 0 Å². The SMILES string of the molecule is CCCc1nnc(N2CCCC(c3nnc4ccccn34)C2)s1. The van der Waals surface area contributed by atoms with Gasteiger partial charge in [0.05, 0.1) is 0 Å². The van der Waals surface area contributed by atoms with Gasteiger partial charge in [0, 0.05) is 31.6 Å². The summed E-state index contributed by atoms with van der Waals surface area (Å²) >= 11 is 1.73. The highest BCUT2D eigenvalue weighted by Crippen LogP contribution is 2.31. The molecular formula is C16H20N6S. The van der Waals surface area contributed by atoms with Crippen LogP contribution >= 0.6 is 11.3 Å². The summed E-state index contributed by atoms with van der Waals surface area (Å²) in [6, 6.07) is 6.03. The molecule has 0 saturated carbocycles. The second kappa shape index (κ2) is 6.23. The van der Waals surface area contributed by atoms with Gasteiger partial charge < -0.3 is 4.90 Å². The van der Waals surface area contributed by atoms with Gasteiger partial charge in [0.2, 0.25) is 5.13 Å². The molecule has 6 nitrogen and oxygen atoms in total. The monoisotopic (exact) mass is 328 g/mol. The summed E-state index contributed by atoms with van der Waals surface area (Å²) in [6.45, 7) is 4.17. The molecule has 1 saturated heterocycles. The molecule has 1 aliphatic rings. The third-order valence-corrected chi connectivity index (χ3v) is 5.36. The summed E-state index contributed by atoms with van der Waals surface area (Å²) in [5.41, 5.74) is 0.917. The van der Waals surface area contributed by atoms with Crippen molar-refractivity contribution in [2.75, 3.05) is 18.0 Å². The molecule has 4 heterocycles. The van der Waals surface area contributed by atoms with Crippen molar-refractivity contribution in [2.45, 2.75) is 38.5 Å². The van der Waals surface area contributed by atoms with Gasteiger partial charge in [-0.2, -0.15) is 0 Å². The maximum Gasteiger partial charge on any atom is 0.208 e. The topological polar surface area (TPSA) is 59.2 Å². The molecule has 0 bridgehead atoms. The van der Waals surface area contributed by atoms with Crippen LogP contribution in [0.2, 0.25) is 0 Å². The van der Waals surface area contributed by atoms with E-state index in [1.54, 1.807) is 11.3 Å². The lowest BCUT2D eigenvalue weighted by Crippen LogP contribution is -2.35. The molecule has 0 aliphatic carbocycles. The number of fused-ring (bicyclic) bond motifs is 1. The van der Waals surface area contributed by atoms with E-state index in [4.69, 9.17) is 0 Å². The molecule has 0 aromatic carbocycles. The van der Waals surface area contributed by atoms with Crippen LogP contribution < -0.4 is 4.90 Å². The Morgan fingerprint density at radius 2 is 2.17 bits per heavy atom. The van der Waals surface area contributed by atoms with Gasteiger partial charge in [-0.25, -0.2) is 0 Å². The van der Waals surface area contributed by atoms with Gasteiger partial charge in [-0.3, -0.25) is 4.40 Å². The first-order valence-corrected chi connectivity index (χ1v) is 9.04. The first-order valence-electron chi connectivity index (χ1n) is 8.22. The van der Waals surface area contributed by atoms with Gasteiger partial charge in [-0.1, -0.05) is 24.3 Å². The van der Waals surface area contributed by atoms with E-state index in [-0.39, 0.29) is 0 Å². The van der Waals surface area contributed by atoms with Gasteiger partial charge >= 0.3 is 0 Å². The first-order chi connectivity index (χ1) is 11.3. The Morgan fingerprint density at radius 3 is 3.09 bits per heavy atom. The number of pyridine rings is 1. The van der Waals surface area contributed by atoms with E-state index >= 15 is 0 Å². The van der Waals surface area contributed by atoms with E-state index < -0.39 is 0 Å². The minimum atomic E-state index is 0.389. The molecule has 3 aromatic rings. The van der Waals surface area contributed by atoms with Crippen molar-refractivity contribution in [3.63, 3.8) is 0 Å². The summed E-state index contributed by atoms with van der Waals surface area (Å²) in [7, 11) is 0. The van der Waals surface area contributed by atoms with Gasteiger partial charge in [0.15, 0.2) is 5.65 Å². The Kier molecular flexibility index (Phi) is 3.95. The number of anilines is 1. The molecule has 120 valence electrons. The zero-order valence-corrected chi connectivity index (χ0v) is 14.0. The number of piperidine rings is 1. The van der Waals surface area contributed by atoms with Crippen LogP contribution in [0.5, 0.6) is 0 Å². The van der Waals surface area contributed by atoms with E-state index in [0.29, 0.717) is 5.92 Å². The molecule has 0 spiro atoms. The van der Waals surface area contributed by atoms with Crippen molar-refractivity contribution in [3.05, 3.63) is 35.2 Å². The average Bonchev–Trinajstić information content (AvgIpc) is 3.22. The van der Waals surface area contributed by atoms with Gasteiger partial charge in [-0.05, 0) is 31.4 Å². The van der Waals surface area contributed by atoms with Crippen molar-refractivity contribution >= 4 is 22.1 Å². The molecule has 1 unspecified atom stereocenters. The lowest BCUT2D eigenvalue weighted by atomic mass is 9.97. The fourth-order valence-electron chi connectivity index (χ4n) is 3.19. The fourth-order valence-corrected chi connectivity index (χ4v) is 4.16. The molecule has 4 rings (SSSR count). The van der Waals surface area contributed by atoms with Gasteiger partial charge in [-0.15, -0.1) is 20.4 Å². The largest absolute Gasteiger partial charge is 0.346 e. The summed E-state index contributed by atoms with van der Waals surface area (Å²) in [4.78, 5) is 2.36. The van der Waals surface area contributed by atoms with Crippen LogP contribution in [0.25, 0.3) is 5.65 Å². The first kappa shape index (κ1) is 14.6. The summed E-state index contributed by atoms with van der Waals surface area (Å²) in [5.74, 6) is 1.45. The van der Waals surface area contributed by atoms with E-state index in [1.807, 2.05) is 24.4 Å². The van der Waals surface area contributed by atoms with Crippen molar-refractivity contribution in [3.8, 4) is 0 Å². The van der Waals surface area contributed by atoms with Crippen LogP contribution in [-0.4, -0.2) is 37.9 Å². The number of nitrogens with zero attached hydrogens (tertiary/aromatic N) is 6. The summed E-state index contributed by atoms with van der Waals surface area (Å²) in [5, 5.41) is 19.6.